The van der Waals surface area contributed by atoms with Gasteiger partial charge in [-0.3, -0.25) is 14.5 Å². The topological polar surface area (TPSA) is 49.9 Å². The second kappa shape index (κ2) is 7.59. The molecule has 0 radical (unpaired) electrons. The maximum atomic E-state index is 13.2. The van der Waals surface area contributed by atoms with E-state index in [1.807, 2.05) is 61.2 Å². The minimum atomic E-state index is -0.285. The molecule has 2 aromatic rings. The predicted octanol–water partition coefficient (Wildman–Crippen LogP) is 3.80. The first-order valence-corrected chi connectivity index (χ1v) is 9.85. The highest BCUT2D eigenvalue weighted by molar-refractivity contribution is 6.36. The van der Waals surface area contributed by atoms with Crippen LogP contribution in [-0.2, 0) is 16.0 Å². The van der Waals surface area contributed by atoms with Gasteiger partial charge in [-0.1, -0.05) is 36.4 Å². The first-order valence-electron chi connectivity index (χ1n) is 9.85. The molecule has 0 aliphatic carbocycles. The van der Waals surface area contributed by atoms with Gasteiger partial charge in [-0.2, -0.15) is 0 Å². The molecule has 0 unspecified atom stereocenters. The fraction of sp³-hybridized carbons (Fsp3) is 0.250. The molecule has 0 fully saturated rings. The third-order valence-electron chi connectivity index (χ3n) is 5.13. The lowest BCUT2D eigenvalue weighted by Gasteiger charge is -2.21. The van der Waals surface area contributed by atoms with E-state index in [-0.39, 0.29) is 24.5 Å². The van der Waals surface area contributed by atoms with Crippen LogP contribution in [-0.4, -0.2) is 35.9 Å². The molecule has 4 rings (SSSR count). The molecule has 0 saturated carbocycles. The van der Waals surface area contributed by atoms with Crippen molar-refractivity contribution in [2.45, 2.75) is 26.4 Å². The number of hydrogen-bond donors (Lipinski definition) is 0. The number of nitrogens with zero attached hydrogens (tertiary/aromatic N) is 2. The summed E-state index contributed by atoms with van der Waals surface area (Å²) in [6.45, 7) is 8.49. The van der Waals surface area contributed by atoms with E-state index in [4.69, 9.17) is 4.74 Å². The van der Waals surface area contributed by atoms with Crippen LogP contribution in [0.4, 0.5) is 5.69 Å². The smallest absolute Gasteiger partial charge is 0.278 e. The molecule has 0 aromatic heterocycles. The predicted molar refractivity (Wildman–Crippen MR) is 114 cm³/mol. The average Bonchev–Trinajstić information content (AvgIpc) is 3.22. The molecular formula is C24H24N2O3. The van der Waals surface area contributed by atoms with E-state index in [1.54, 1.807) is 6.08 Å². The Bertz CT molecular complexity index is 1010. The summed E-state index contributed by atoms with van der Waals surface area (Å²) >= 11 is 0. The second-order valence-electron chi connectivity index (χ2n) is 7.45. The number of amides is 2. The summed E-state index contributed by atoms with van der Waals surface area (Å²) < 4.78 is 5.71. The zero-order valence-corrected chi connectivity index (χ0v) is 16.7. The van der Waals surface area contributed by atoms with Gasteiger partial charge in [0.05, 0.1) is 11.7 Å². The van der Waals surface area contributed by atoms with Crippen molar-refractivity contribution in [1.29, 1.82) is 0 Å². The number of benzene rings is 2. The maximum Gasteiger partial charge on any atom is 0.278 e. The number of imide groups is 1. The van der Waals surface area contributed by atoms with Crippen LogP contribution in [0.2, 0.25) is 0 Å². The summed E-state index contributed by atoms with van der Waals surface area (Å²) in [6.07, 6.45) is 2.49. The summed E-state index contributed by atoms with van der Waals surface area (Å²) in [7, 11) is 0. The largest absolute Gasteiger partial charge is 0.491 e. The zero-order chi connectivity index (χ0) is 20.5. The van der Waals surface area contributed by atoms with E-state index >= 15 is 0 Å². The van der Waals surface area contributed by atoms with Crippen LogP contribution in [0.15, 0.2) is 66.9 Å². The van der Waals surface area contributed by atoms with Crippen LogP contribution in [0.3, 0.4) is 0 Å². The number of fused-ring (bicyclic) bond motifs is 1. The molecule has 2 aliphatic heterocycles. The van der Waals surface area contributed by atoms with Gasteiger partial charge in [-0.05, 0) is 49.6 Å². The van der Waals surface area contributed by atoms with Gasteiger partial charge in [0.15, 0.2) is 0 Å². The number of hydrogen-bond acceptors (Lipinski definition) is 4. The number of ether oxygens (including phenoxy) is 1. The third kappa shape index (κ3) is 3.33. The number of carbonyl (C=O) groups is 2. The lowest BCUT2D eigenvalue weighted by molar-refractivity contribution is -0.136. The Balaban J connectivity index is 1.81. The highest BCUT2D eigenvalue weighted by Gasteiger charge is 2.42. The van der Waals surface area contributed by atoms with Crippen molar-refractivity contribution in [2.75, 3.05) is 18.0 Å². The minimum Gasteiger partial charge on any atom is -0.491 e. The molecule has 0 bridgehead atoms. The molecule has 0 atom stereocenters. The van der Waals surface area contributed by atoms with Gasteiger partial charge in [-0.15, -0.1) is 6.58 Å². The van der Waals surface area contributed by atoms with Gasteiger partial charge in [0.1, 0.15) is 11.4 Å². The van der Waals surface area contributed by atoms with Crippen LogP contribution in [0.1, 0.15) is 25.0 Å². The molecule has 0 N–H and O–H groups in total. The Hall–Kier alpha value is -3.34. The number of para-hydroxylation sites is 1. The van der Waals surface area contributed by atoms with Crippen LogP contribution in [0.25, 0.3) is 5.57 Å². The van der Waals surface area contributed by atoms with Crippen LogP contribution in [0.5, 0.6) is 5.75 Å². The number of carbonyl (C=O) groups excluding carboxylic acids is 2. The third-order valence-corrected chi connectivity index (χ3v) is 5.13. The Labute approximate surface area is 170 Å². The van der Waals surface area contributed by atoms with Crippen LogP contribution < -0.4 is 9.64 Å². The summed E-state index contributed by atoms with van der Waals surface area (Å²) in [5.41, 5.74) is 3.76. The molecule has 5 nitrogen and oxygen atoms in total. The summed E-state index contributed by atoms with van der Waals surface area (Å²) in [4.78, 5) is 29.7. The molecule has 0 spiro atoms. The monoisotopic (exact) mass is 388 g/mol. The minimum absolute atomic E-state index is 0.0644. The van der Waals surface area contributed by atoms with Crippen molar-refractivity contribution >= 4 is 23.1 Å². The summed E-state index contributed by atoms with van der Waals surface area (Å²) in [5, 5.41) is 0. The quantitative estimate of drug-likeness (QED) is 0.558. The standard InChI is InChI=1S/C24H24N2O3/c1-4-14-26-23(27)21(18-9-11-19(12-10-18)29-16(2)3)22(24(26)28)25-15-13-17-7-5-6-8-20(17)25/h4-12,16H,1,13-15H2,2-3H3. The summed E-state index contributed by atoms with van der Waals surface area (Å²) in [6, 6.07) is 15.4. The fourth-order valence-electron chi connectivity index (χ4n) is 3.91. The van der Waals surface area contributed by atoms with E-state index in [2.05, 4.69) is 12.6 Å². The number of anilines is 1. The van der Waals surface area contributed by atoms with Gasteiger partial charge >= 0.3 is 0 Å². The Morgan fingerprint density at radius 3 is 2.48 bits per heavy atom. The molecule has 5 heteroatoms. The SMILES string of the molecule is C=CCN1C(=O)C(c2ccc(OC(C)C)cc2)=C(N2CCc3ccccc32)C1=O. The summed E-state index contributed by atoms with van der Waals surface area (Å²) in [5.74, 6) is 0.174. The van der Waals surface area contributed by atoms with Gasteiger partial charge in [0.25, 0.3) is 11.8 Å². The van der Waals surface area contributed by atoms with Gasteiger partial charge < -0.3 is 9.64 Å². The molecule has 29 heavy (non-hydrogen) atoms. The molecule has 0 saturated heterocycles. The van der Waals surface area contributed by atoms with Gasteiger partial charge in [0, 0.05) is 18.8 Å². The van der Waals surface area contributed by atoms with Gasteiger partial charge in [-0.25, -0.2) is 0 Å². The van der Waals surface area contributed by atoms with E-state index < -0.39 is 0 Å². The van der Waals surface area contributed by atoms with E-state index in [9.17, 15) is 9.59 Å². The maximum absolute atomic E-state index is 13.2. The average molecular weight is 388 g/mol. The normalized spacial score (nSPS) is 16.1. The number of rotatable bonds is 6. The molecule has 2 amide bonds. The molecule has 2 heterocycles. The lowest BCUT2D eigenvalue weighted by Crippen LogP contribution is -2.34. The molecule has 148 valence electrons. The lowest BCUT2D eigenvalue weighted by atomic mass is 10.0. The van der Waals surface area contributed by atoms with Gasteiger partial charge in [0.2, 0.25) is 0 Å². The molecule has 2 aromatic carbocycles. The van der Waals surface area contributed by atoms with E-state index in [1.165, 1.54) is 10.5 Å². The molecular weight excluding hydrogens is 364 g/mol. The Morgan fingerprint density at radius 2 is 1.79 bits per heavy atom. The first-order chi connectivity index (χ1) is 14.0. The van der Waals surface area contributed by atoms with Crippen molar-refractivity contribution in [2.24, 2.45) is 0 Å². The van der Waals surface area contributed by atoms with Crippen molar-refractivity contribution in [1.82, 2.24) is 4.90 Å². The van der Waals surface area contributed by atoms with E-state index in [0.717, 1.165) is 17.9 Å². The van der Waals surface area contributed by atoms with Crippen molar-refractivity contribution < 1.29 is 14.3 Å². The van der Waals surface area contributed by atoms with E-state index in [0.29, 0.717) is 23.4 Å². The fourth-order valence-corrected chi connectivity index (χ4v) is 3.91. The highest BCUT2D eigenvalue weighted by Crippen LogP contribution is 2.38. The first kappa shape index (κ1) is 19.0. The van der Waals surface area contributed by atoms with Crippen molar-refractivity contribution in [3.63, 3.8) is 0 Å². The van der Waals surface area contributed by atoms with Crippen LogP contribution >= 0.6 is 0 Å². The second-order valence-corrected chi connectivity index (χ2v) is 7.45. The molecule has 2 aliphatic rings. The van der Waals surface area contributed by atoms with Crippen molar-refractivity contribution in [3.8, 4) is 5.75 Å². The Morgan fingerprint density at radius 1 is 1.07 bits per heavy atom. The highest BCUT2D eigenvalue weighted by atomic mass is 16.5. The van der Waals surface area contributed by atoms with Crippen LogP contribution in [0, 0.1) is 0 Å². The zero-order valence-electron chi connectivity index (χ0n) is 16.7. The van der Waals surface area contributed by atoms with Crippen molar-refractivity contribution in [3.05, 3.63) is 78.0 Å². The Kier molecular flexibility index (Phi) is 4.97.